The van der Waals surface area contributed by atoms with Crippen molar-refractivity contribution in [3.63, 3.8) is 0 Å². The Kier molecular flexibility index (Phi) is 4.05. The Morgan fingerprint density at radius 2 is 1.67 bits per heavy atom. The third-order valence-corrected chi connectivity index (χ3v) is 1.54. The molecule has 1 amide bonds. The van der Waals surface area contributed by atoms with Crippen molar-refractivity contribution in [3.05, 3.63) is 0 Å². The van der Waals surface area contributed by atoms with Gasteiger partial charge in [-0.3, -0.25) is 4.79 Å². The lowest BCUT2D eigenvalue weighted by atomic mass is 10.1. The molecule has 3 nitrogen and oxygen atoms in total. The van der Waals surface area contributed by atoms with Gasteiger partial charge in [-0.25, -0.2) is 0 Å². The number of carbonyl (C=O) groups excluding carboxylic acids is 1. The minimum atomic E-state index is 0. The first-order valence-corrected chi connectivity index (χ1v) is 3.13. The van der Waals surface area contributed by atoms with Crippen LogP contribution in [-0.4, -0.2) is 29.9 Å². The Labute approximate surface area is 55.0 Å². The van der Waals surface area contributed by atoms with Gasteiger partial charge in [0, 0.05) is 13.1 Å². The van der Waals surface area contributed by atoms with Crippen LogP contribution in [0.4, 0.5) is 0 Å². The van der Waals surface area contributed by atoms with Gasteiger partial charge >= 0.3 is 0 Å². The summed E-state index contributed by atoms with van der Waals surface area (Å²) < 4.78 is 0. The van der Waals surface area contributed by atoms with E-state index < -0.39 is 0 Å². The van der Waals surface area contributed by atoms with Crippen LogP contribution in [0.2, 0.25) is 0 Å². The molecule has 0 aliphatic carbocycles. The summed E-state index contributed by atoms with van der Waals surface area (Å²) in [4.78, 5) is 11.9. The van der Waals surface area contributed by atoms with Crippen molar-refractivity contribution in [2.45, 2.75) is 19.3 Å². The molecule has 0 aromatic rings. The average molecular weight is 131 g/mol. The van der Waals surface area contributed by atoms with Gasteiger partial charge in [0.15, 0.2) is 0 Å². The number of hydrogen-bond donors (Lipinski definition) is 0. The molecule has 0 aromatic heterocycles. The van der Waals surface area contributed by atoms with Gasteiger partial charge in [-0.1, -0.05) is 0 Å². The van der Waals surface area contributed by atoms with Gasteiger partial charge in [0.25, 0.3) is 0 Å². The Hall–Kier alpha value is -0.570. The van der Waals surface area contributed by atoms with Crippen LogP contribution >= 0.6 is 0 Å². The number of hydrogen-bond acceptors (Lipinski definition) is 1. The lowest BCUT2D eigenvalue weighted by Crippen LogP contribution is -2.27. The molecule has 1 aliphatic heterocycles. The summed E-state index contributed by atoms with van der Waals surface area (Å²) in [7, 11) is 0. The second-order valence-corrected chi connectivity index (χ2v) is 2.20. The van der Waals surface area contributed by atoms with Crippen molar-refractivity contribution >= 4 is 6.41 Å². The first-order chi connectivity index (χ1) is 3.93. The van der Waals surface area contributed by atoms with E-state index in [-0.39, 0.29) is 5.48 Å². The van der Waals surface area contributed by atoms with E-state index >= 15 is 0 Å². The maximum absolute atomic E-state index is 10.1. The molecule has 54 valence electrons. The maximum atomic E-state index is 10.1. The van der Waals surface area contributed by atoms with Crippen molar-refractivity contribution < 1.29 is 10.3 Å². The highest BCUT2D eigenvalue weighted by Gasteiger charge is 2.05. The summed E-state index contributed by atoms with van der Waals surface area (Å²) in [5.41, 5.74) is 0. The largest absolute Gasteiger partial charge is 0.412 e. The smallest absolute Gasteiger partial charge is 0.209 e. The SMILES string of the molecule is O.O=CN1CCCCC1. The molecule has 3 heteroatoms. The van der Waals surface area contributed by atoms with Crippen LogP contribution in [0, 0.1) is 0 Å². The Balaban J connectivity index is 0.000000640. The van der Waals surface area contributed by atoms with Crippen LogP contribution in [0.5, 0.6) is 0 Å². The molecule has 1 fully saturated rings. The summed E-state index contributed by atoms with van der Waals surface area (Å²) in [5.74, 6) is 0. The minimum Gasteiger partial charge on any atom is -0.412 e. The monoisotopic (exact) mass is 131 g/mol. The fourth-order valence-corrected chi connectivity index (χ4v) is 1.02. The molecule has 9 heavy (non-hydrogen) atoms. The molecule has 0 atom stereocenters. The van der Waals surface area contributed by atoms with E-state index in [1.54, 1.807) is 0 Å². The lowest BCUT2D eigenvalue weighted by Gasteiger charge is -2.21. The number of piperidine rings is 1. The van der Waals surface area contributed by atoms with E-state index in [2.05, 4.69) is 0 Å². The van der Waals surface area contributed by atoms with E-state index in [9.17, 15) is 4.79 Å². The molecular weight excluding hydrogens is 118 g/mol. The van der Waals surface area contributed by atoms with Gasteiger partial charge in [0.05, 0.1) is 0 Å². The molecule has 0 unspecified atom stereocenters. The zero-order chi connectivity index (χ0) is 5.82. The molecule has 0 spiro atoms. The maximum Gasteiger partial charge on any atom is 0.209 e. The fraction of sp³-hybridized carbons (Fsp3) is 0.833. The molecule has 0 radical (unpaired) electrons. The van der Waals surface area contributed by atoms with Crippen molar-refractivity contribution in [1.82, 2.24) is 4.90 Å². The quantitative estimate of drug-likeness (QED) is 0.455. The molecular formula is C6H13NO2. The highest BCUT2D eigenvalue weighted by atomic mass is 16.1. The van der Waals surface area contributed by atoms with Crippen LogP contribution < -0.4 is 0 Å². The third-order valence-electron chi connectivity index (χ3n) is 1.54. The molecule has 1 saturated heterocycles. The second-order valence-electron chi connectivity index (χ2n) is 2.20. The number of likely N-dealkylation sites (tertiary alicyclic amines) is 1. The van der Waals surface area contributed by atoms with Crippen molar-refractivity contribution in [2.24, 2.45) is 0 Å². The summed E-state index contributed by atoms with van der Waals surface area (Å²) in [6.45, 7) is 1.95. The van der Waals surface area contributed by atoms with Gasteiger partial charge in [-0.15, -0.1) is 0 Å². The Morgan fingerprint density at radius 3 is 2.00 bits per heavy atom. The number of carbonyl (C=O) groups is 1. The van der Waals surface area contributed by atoms with Crippen molar-refractivity contribution in [2.75, 3.05) is 13.1 Å². The Bertz CT molecular complexity index is 79.1. The highest BCUT2D eigenvalue weighted by molar-refractivity contribution is 5.46. The predicted molar refractivity (Wildman–Crippen MR) is 35.1 cm³/mol. The average Bonchev–Trinajstić information content (AvgIpc) is 1.90. The predicted octanol–water partition coefficient (Wildman–Crippen LogP) is -0.196. The number of amides is 1. The molecule has 0 saturated carbocycles. The topological polar surface area (TPSA) is 51.8 Å². The van der Waals surface area contributed by atoms with Gasteiger partial charge in [0.2, 0.25) is 6.41 Å². The van der Waals surface area contributed by atoms with Crippen LogP contribution in [-0.2, 0) is 4.79 Å². The summed E-state index contributed by atoms with van der Waals surface area (Å²) >= 11 is 0. The van der Waals surface area contributed by atoms with E-state index in [1.165, 1.54) is 19.3 Å². The summed E-state index contributed by atoms with van der Waals surface area (Å²) in [6, 6.07) is 0. The first kappa shape index (κ1) is 8.43. The molecule has 0 bridgehead atoms. The number of rotatable bonds is 1. The van der Waals surface area contributed by atoms with E-state index in [0.717, 1.165) is 19.5 Å². The van der Waals surface area contributed by atoms with Crippen LogP contribution in [0.15, 0.2) is 0 Å². The van der Waals surface area contributed by atoms with Crippen LogP contribution in [0.3, 0.4) is 0 Å². The lowest BCUT2D eigenvalue weighted by molar-refractivity contribution is -0.118. The van der Waals surface area contributed by atoms with Crippen LogP contribution in [0.1, 0.15) is 19.3 Å². The van der Waals surface area contributed by atoms with E-state index in [4.69, 9.17) is 0 Å². The summed E-state index contributed by atoms with van der Waals surface area (Å²) in [5, 5.41) is 0. The zero-order valence-electron chi connectivity index (χ0n) is 5.47. The zero-order valence-corrected chi connectivity index (χ0v) is 5.47. The number of nitrogens with zero attached hydrogens (tertiary/aromatic N) is 1. The van der Waals surface area contributed by atoms with E-state index in [0.29, 0.717) is 0 Å². The van der Waals surface area contributed by atoms with Crippen molar-refractivity contribution in [1.29, 1.82) is 0 Å². The highest BCUT2D eigenvalue weighted by Crippen LogP contribution is 2.05. The van der Waals surface area contributed by atoms with Gasteiger partial charge in [0.1, 0.15) is 0 Å². The molecule has 0 aromatic carbocycles. The molecule has 2 N–H and O–H groups in total. The molecule has 1 rings (SSSR count). The Morgan fingerprint density at radius 1 is 1.11 bits per heavy atom. The van der Waals surface area contributed by atoms with Crippen molar-refractivity contribution in [3.8, 4) is 0 Å². The summed E-state index contributed by atoms with van der Waals surface area (Å²) in [6.07, 6.45) is 4.63. The minimum absolute atomic E-state index is 0. The van der Waals surface area contributed by atoms with E-state index in [1.807, 2.05) is 4.90 Å². The van der Waals surface area contributed by atoms with Gasteiger partial charge < -0.3 is 10.4 Å². The standard InChI is InChI=1S/C6H11NO.H2O/c8-6-7-4-2-1-3-5-7;/h6H,1-5H2;1H2. The second kappa shape index (κ2) is 4.32. The molecule has 1 aliphatic rings. The van der Waals surface area contributed by atoms with Gasteiger partial charge in [-0.05, 0) is 19.3 Å². The normalized spacial score (nSPS) is 18.4. The third kappa shape index (κ3) is 2.46. The molecule has 1 heterocycles. The first-order valence-electron chi connectivity index (χ1n) is 3.13. The fourth-order valence-electron chi connectivity index (χ4n) is 1.02. The van der Waals surface area contributed by atoms with Gasteiger partial charge in [-0.2, -0.15) is 0 Å². The van der Waals surface area contributed by atoms with Crippen LogP contribution in [0.25, 0.3) is 0 Å².